The van der Waals surface area contributed by atoms with Gasteiger partial charge in [-0.15, -0.1) is 0 Å². The molecule has 0 saturated heterocycles. The largest absolute Gasteiger partial charge is 0.361 e. The summed E-state index contributed by atoms with van der Waals surface area (Å²) in [5, 5.41) is 4.14. The Morgan fingerprint density at radius 1 is 1.14 bits per heavy atom. The summed E-state index contributed by atoms with van der Waals surface area (Å²) in [5.41, 5.74) is 3.02. The van der Waals surface area contributed by atoms with Crippen LogP contribution in [0.1, 0.15) is 15.9 Å². The second kappa shape index (κ2) is 6.14. The first-order valence-electron chi connectivity index (χ1n) is 6.83. The summed E-state index contributed by atoms with van der Waals surface area (Å²) in [6.07, 6.45) is 2.81. The molecule has 0 aliphatic heterocycles. The highest BCUT2D eigenvalue weighted by atomic mass is 79.9. The van der Waals surface area contributed by atoms with Gasteiger partial charge in [-0.25, -0.2) is 0 Å². The van der Waals surface area contributed by atoms with Crippen LogP contribution in [0.15, 0.2) is 59.2 Å². The third-order valence-electron chi connectivity index (χ3n) is 3.45. The Balaban J connectivity index is 1.65. The molecule has 0 radical (unpaired) electrons. The van der Waals surface area contributed by atoms with Crippen LogP contribution in [0, 0.1) is 0 Å². The van der Waals surface area contributed by atoms with Crippen molar-refractivity contribution in [2.75, 3.05) is 6.54 Å². The lowest BCUT2D eigenvalue weighted by molar-refractivity contribution is 0.0954. The number of hydrogen-bond donors (Lipinski definition) is 2. The van der Waals surface area contributed by atoms with E-state index in [0.29, 0.717) is 12.1 Å². The SMILES string of the molecule is O=C(NCCc1c[nH]c2ccc(Br)cc12)c1ccccc1. The molecule has 0 unspecified atom stereocenters. The number of aromatic amines is 1. The van der Waals surface area contributed by atoms with Crippen LogP contribution in [0.3, 0.4) is 0 Å². The molecule has 0 spiro atoms. The number of rotatable bonds is 4. The molecular formula is C17H15BrN2O. The lowest BCUT2D eigenvalue weighted by Crippen LogP contribution is -2.25. The third-order valence-corrected chi connectivity index (χ3v) is 3.94. The van der Waals surface area contributed by atoms with Gasteiger partial charge in [0.25, 0.3) is 5.91 Å². The number of hydrogen-bond acceptors (Lipinski definition) is 1. The fraction of sp³-hybridized carbons (Fsp3) is 0.118. The van der Waals surface area contributed by atoms with Crippen LogP contribution in [0.2, 0.25) is 0 Å². The number of halogens is 1. The minimum Gasteiger partial charge on any atom is -0.361 e. The summed E-state index contributed by atoms with van der Waals surface area (Å²) < 4.78 is 1.06. The predicted octanol–water partition coefficient (Wildman–Crippen LogP) is 3.90. The lowest BCUT2D eigenvalue weighted by atomic mass is 10.1. The second-order valence-corrected chi connectivity index (χ2v) is 5.79. The Kier molecular flexibility index (Phi) is 4.06. The molecule has 1 heterocycles. The van der Waals surface area contributed by atoms with E-state index < -0.39 is 0 Å². The van der Waals surface area contributed by atoms with Crippen molar-refractivity contribution in [3.63, 3.8) is 0 Å². The van der Waals surface area contributed by atoms with E-state index in [0.717, 1.165) is 16.4 Å². The van der Waals surface area contributed by atoms with Gasteiger partial charge < -0.3 is 10.3 Å². The fourth-order valence-corrected chi connectivity index (χ4v) is 2.72. The van der Waals surface area contributed by atoms with Gasteiger partial charge in [0.2, 0.25) is 0 Å². The maximum atomic E-state index is 12.0. The number of benzene rings is 2. The van der Waals surface area contributed by atoms with Crippen LogP contribution in [0.4, 0.5) is 0 Å². The van der Waals surface area contributed by atoms with Gasteiger partial charge in [-0.05, 0) is 42.3 Å². The predicted molar refractivity (Wildman–Crippen MR) is 88.5 cm³/mol. The van der Waals surface area contributed by atoms with Gasteiger partial charge in [-0.1, -0.05) is 34.1 Å². The Morgan fingerprint density at radius 2 is 1.95 bits per heavy atom. The van der Waals surface area contributed by atoms with Crippen molar-refractivity contribution in [3.8, 4) is 0 Å². The number of aromatic nitrogens is 1. The molecule has 0 bridgehead atoms. The van der Waals surface area contributed by atoms with Gasteiger partial charge in [0.1, 0.15) is 0 Å². The van der Waals surface area contributed by atoms with E-state index in [2.05, 4.69) is 32.3 Å². The molecule has 21 heavy (non-hydrogen) atoms. The highest BCUT2D eigenvalue weighted by molar-refractivity contribution is 9.10. The molecule has 0 aliphatic rings. The van der Waals surface area contributed by atoms with Crippen molar-refractivity contribution in [1.82, 2.24) is 10.3 Å². The monoisotopic (exact) mass is 342 g/mol. The number of amides is 1. The molecule has 3 nitrogen and oxygen atoms in total. The average molecular weight is 343 g/mol. The average Bonchev–Trinajstić information content (AvgIpc) is 2.90. The smallest absolute Gasteiger partial charge is 0.251 e. The minimum absolute atomic E-state index is 0.0309. The Morgan fingerprint density at radius 3 is 2.76 bits per heavy atom. The van der Waals surface area contributed by atoms with Crippen molar-refractivity contribution in [1.29, 1.82) is 0 Å². The molecule has 3 rings (SSSR count). The van der Waals surface area contributed by atoms with Gasteiger partial charge in [0.15, 0.2) is 0 Å². The number of H-pyrrole nitrogens is 1. The van der Waals surface area contributed by atoms with Crippen LogP contribution in [-0.4, -0.2) is 17.4 Å². The van der Waals surface area contributed by atoms with Crippen molar-refractivity contribution in [2.45, 2.75) is 6.42 Å². The molecular weight excluding hydrogens is 328 g/mol. The topological polar surface area (TPSA) is 44.9 Å². The zero-order chi connectivity index (χ0) is 14.7. The third kappa shape index (κ3) is 3.16. The summed E-state index contributed by atoms with van der Waals surface area (Å²) >= 11 is 3.49. The van der Waals surface area contributed by atoms with E-state index in [1.165, 1.54) is 10.9 Å². The van der Waals surface area contributed by atoms with Crippen molar-refractivity contribution in [2.24, 2.45) is 0 Å². The lowest BCUT2D eigenvalue weighted by Gasteiger charge is -2.05. The van der Waals surface area contributed by atoms with E-state index in [1.54, 1.807) is 0 Å². The van der Waals surface area contributed by atoms with Crippen molar-refractivity contribution < 1.29 is 4.79 Å². The van der Waals surface area contributed by atoms with Gasteiger partial charge in [0.05, 0.1) is 0 Å². The fourth-order valence-electron chi connectivity index (χ4n) is 2.36. The molecule has 2 N–H and O–H groups in total. The summed E-state index contributed by atoms with van der Waals surface area (Å²) in [5.74, 6) is -0.0309. The summed E-state index contributed by atoms with van der Waals surface area (Å²) in [7, 11) is 0. The van der Waals surface area contributed by atoms with Crippen LogP contribution < -0.4 is 5.32 Å². The van der Waals surface area contributed by atoms with Gasteiger partial charge in [-0.2, -0.15) is 0 Å². The van der Waals surface area contributed by atoms with E-state index in [1.807, 2.05) is 48.7 Å². The molecule has 1 aromatic heterocycles. The van der Waals surface area contributed by atoms with E-state index in [9.17, 15) is 4.79 Å². The van der Waals surface area contributed by atoms with Gasteiger partial charge in [0, 0.05) is 33.7 Å². The Bertz CT molecular complexity index is 765. The maximum Gasteiger partial charge on any atom is 0.251 e. The van der Waals surface area contributed by atoms with Crippen LogP contribution in [0.25, 0.3) is 10.9 Å². The molecule has 3 aromatic rings. The first-order valence-corrected chi connectivity index (χ1v) is 7.62. The Labute approximate surface area is 131 Å². The van der Waals surface area contributed by atoms with Crippen LogP contribution in [0.5, 0.6) is 0 Å². The number of nitrogens with one attached hydrogen (secondary N) is 2. The number of fused-ring (bicyclic) bond motifs is 1. The van der Waals surface area contributed by atoms with Crippen LogP contribution >= 0.6 is 15.9 Å². The first-order chi connectivity index (χ1) is 10.2. The molecule has 0 aliphatic carbocycles. The first kappa shape index (κ1) is 13.9. The molecule has 4 heteroatoms. The summed E-state index contributed by atoms with van der Waals surface area (Å²) in [6, 6.07) is 15.4. The maximum absolute atomic E-state index is 12.0. The summed E-state index contributed by atoms with van der Waals surface area (Å²) in [6.45, 7) is 0.618. The minimum atomic E-state index is -0.0309. The standard InChI is InChI=1S/C17H15BrN2O/c18-14-6-7-16-15(10-14)13(11-20-16)8-9-19-17(21)12-4-2-1-3-5-12/h1-7,10-11,20H,8-9H2,(H,19,21). The van der Waals surface area contributed by atoms with E-state index in [-0.39, 0.29) is 5.91 Å². The molecule has 1 amide bonds. The second-order valence-electron chi connectivity index (χ2n) is 4.88. The zero-order valence-corrected chi connectivity index (χ0v) is 13.0. The van der Waals surface area contributed by atoms with E-state index in [4.69, 9.17) is 0 Å². The quantitative estimate of drug-likeness (QED) is 0.741. The highest BCUT2D eigenvalue weighted by Gasteiger charge is 2.06. The van der Waals surface area contributed by atoms with Gasteiger partial charge in [-0.3, -0.25) is 4.79 Å². The highest BCUT2D eigenvalue weighted by Crippen LogP contribution is 2.22. The molecule has 106 valence electrons. The number of carbonyl (C=O) groups excluding carboxylic acids is 1. The molecule has 0 fully saturated rings. The van der Waals surface area contributed by atoms with Crippen molar-refractivity contribution in [3.05, 3.63) is 70.3 Å². The summed E-state index contributed by atoms with van der Waals surface area (Å²) in [4.78, 5) is 15.2. The Hall–Kier alpha value is -2.07. The van der Waals surface area contributed by atoms with Crippen LogP contribution in [-0.2, 0) is 6.42 Å². The van der Waals surface area contributed by atoms with Crippen molar-refractivity contribution >= 4 is 32.7 Å². The molecule has 0 saturated carbocycles. The van der Waals surface area contributed by atoms with E-state index >= 15 is 0 Å². The molecule has 2 aromatic carbocycles. The van der Waals surface area contributed by atoms with Gasteiger partial charge >= 0.3 is 0 Å². The molecule has 0 atom stereocenters. The zero-order valence-electron chi connectivity index (χ0n) is 11.4. The normalized spacial score (nSPS) is 10.7. The number of carbonyl (C=O) groups is 1.